The van der Waals surface area contributed by atoms with Gasteiger partial charge in [-0.15, -0.1) is 0 Å². The molecule has 70 valence electrons. The van der Waals surface area contributed by atoms with Crippen LogP contribution in [0.3, 0.4) is 0 Å². The van der Waals surface area contributed by atoms with Crippen LogP contribution in [0.1, 0.15) is 10.4 Å². The van der Waals surface area contributed by atoms with Gasteiger partial charge in [0.2, 0.25) is 0 Å². The van der Waals surface area contributed by atoms with Crippen molar-refractivity contribution in [3.8, 4) is 0 Å². The van der Waals surface area contributed by atoms with Crippen LogP contribution in [0.15, 0.2) is 34.9 Å². The van der Waals surface area contributed by atoms with Gasteiger partial charge in [0, 0.05) is 21.6 Å². The first-order valence-electron chi connectivity index (χ1n) is 3.95. The topological polar surface area (TPSA) is 53.0 Å². The molecule has 1 aromatic heterocycles. The second-order valence-corrected chi connectivity index (χ2v) is 3.58. The third kappa shape index (κ3) is 2.23. The van der Waals surface area contributed by atoms with Crippen LogP contribution in [0.25, 0.3) is 10.9 Å². The molecule has 0 spiro atoms. The Morgan fingerprint density at radius 1 is 1.33 bits per heavy atom. The summed E-state index contributed by atoms with van der Waals surface area (Å²) < 4.78 is 0.517. The molecule has 0 fully saturated rings. The number of fused-ring (bicyclic) bond motifs is 1. The fourth-order valence-electron chi connectivity index (χ4n) is 1.25. The number of nitrogens with zero attached hydrogens (tertiary/aromatic N) is 1. The minimum Gasteiger partial charge on any atom is -0.545 e. The normalized spacial score (nSPS) is 9.67. The van der Waals surface area contributed by atoms with Crippen molar-refractivity contribution in [3.05, 3.63) is 40.5 Å². The number of carbonyl (C=O) groups excluding carboxylic acids is 1. The number of para-hydroxylation sites is 1. The number of aromatic carboxylic acids is 1. The van der Waals surface area contributed by atoms with E-state index in [0.717, 1.165) is 10.9 Å². The zero-order valence-corrected chi connectivity index (χ0v) is 9.61. The maximum atomic E-state index is 10.7. The van der Waals surface area contributed by atoms with Gasteiger partial charge in [0.25, 0.3) is 0 Å². The van der Waals surface area contributed by atoms with Gasteiger partial charge in [0.1, 0.15) is 0 Å². The van der Waals surface area contributed by atoms with Gasteiger partial charge in [-0.3, -0.25) is 4.98 Å². The summed E-state index contributed by atoms with van der Waals surface area (Å²) in [4.78, 5) is 14.7. The Bertz CT molecular complexity index is 516. The van der Waals surface area contributed by atoms with Gasteiger partial charge in [-0.05, 0) is 22.0 Å². The monoisotopic (exact) mass is 257 g/mol. The van der Waals surface area contributed by atoms with E-state index in [4.69, 9.17) is 0 Å². The van der Waals surface area contributed by atoms with E-state index in [0.29, 0.717) is 4.47 Å². The second-order valence-electron chi connectivity index (χ2n) is 2.79. The van der Waals surface area contributed by atoms with Gasteiger partial charge in [-0.1, -0.05) is 18.2 Å². The van der Waals surface area contributed by atoms with Gasteiger partial charge < -0.3 is 9.90 Å². The molecule has 2 rings (SSSR count). The zero-order valence-electron chi connectivity index (χ0n) is 8.03. The van der Waals surface area contributed by atoms with Crippen molar-refractivity contribution in [2.75, 3.05) is 0 Å². The third-order valence-corrected chi connectivity index (χ3v) is 2.78. The number of rotatable bonds is 1. The fourth-order valence-corrected chi connectivity index (χ4v) is 1.85. The van der Waals surface area contributed by atoms with Crippen LogP contribution in [-0.4, -0.2) is 11.0 Å². The summed E-state index contributed by atoms with van der Waals surface area (Å²) in [5.41, 5.74) is 0.827. The average Bonchev–Trinajstić information content (AvgIpc) is 2.18. The van der Waals surface area contributed by atoms with Crippen LogP contribution in [-0.2, 0) is 0 Å². The molecule has 0 aliphatic carbocycles. The van der Waals surface area contributed by atoms with E-state index in [1.807, 2.05) is 18.2 Å². The molecule has 1 aromatic carbocycles. The predicted molar refractivity (Wildman–Crippen MR) is 53.8 cm³/mol. The Hall–Kier alpha value is -0.823. The van der Waals surface area contributed by atoms with Crippen molar-refractivity contribution in [3.63, 3.8) is 0 Å². The van der Waals surface area contributed by atoms with E-state index in [9.17, 15) is 9.90 Å². The Labute approximate surface area is 107 Å². The average molecular weight is 258 g/mol. The summed E-state index contributed by atoms with van der Waals surface area (Å²) in [7, 11) is 0. The van der Waals surface area contributed by atoms with Gasteiger partial charge in [0.15, 0.2) is 0 Å². The Kier molecular flexibility index (Phi) is 3.92. The van der Waals surface area contributed by atoms with Crippen molar-refractivity contribution in [2.24, 2.45) is 0 Å². The molecule has 2 aromatic rings. The molecule has 0 bridgehead atoms. The van der Waals surface area contributed by atoms with Crippen molar-refractivity contribution in [2.45, 2.75) is 0 Å². The molecule has 5 heteroatoms. The zero-order chi connectivity index (χ0) is 10.1. The van der Waals surface area contributed by atoms with Crippen LogP contribution >= 0.6 is 15.9 Å². The van der Waals surface area contributed by atoms with Crippen LogP contribution < -0.4 is 24.0 Å². The van der Waals surface area contributed by atoms with Crippen LogP contribution in [0.4, 0.5) is 0 Å². The van der Waals surface area contributed by atoms with E-state index in [-0.39, 0.29) is 24.4 Å². The Morgan fingerprint density at radius 3 is 2.67 bits per heavy atom. The van der Waals surface area contributed by atoms with Crippen LogP contribution in [0, 0.1) is 0 Å². The number of hydrogen-bond acceptors (Lipinski definition) is 3. The van der Waals surface area contributed by atoms with Gasteiger partial charge >= 0.3 is 18.9 Å². The summed E-state index contributed by atoms with van der Waals surface area (Å²) in [5, 5.41) is 11.5. The summed E-state index contributed by atoms with van der Waals surface area (Å²) in [6.45, 7) is 0. The number of carboxylic acid groups (broad SMARTS) is 1. The molecular formula is C10H5BrLiNO2. The van der Waals surface area contributed by atoms with E-state index in [1.165, 1.54) is 6.20 Å². The first-order chi connectivity index (χ1) is 6.70. The molecule has 0 aliphatic rings. The van der Waals surface area contributed by atoms with E-state index in [1.54, 1.807) is 6.07 Å². The van der Waals surface area contributed by atoms with Crippen LogP contribution in [0.5, 0.6) is 0 Å². The molecule has 0 unspecified atom stereocenters. The smallest absolute Gasteiger partial charge is 0.545 e. The number of carbonyl (C=O) groups is 1. The van der Waals surface area contributed by atoms with Crippen molar-refractivity contribution < 1.29 is 28.8 Å². The number of hydrogen-bond donors (Lipinski definition) is 0. The molecule has 0 saturated carbocycles. The van der Waals surface area contributed by atoms with E-state index >= 15 is 0 Å². The Balaban J connectivity index is 0.00000112. The predicted octanol–water partition coefficient (Wildman–Crippen LogP) is -1.64. The molecule has 0 amide bonds. The van der Waals surface area contributed by atoms with E-state index < -0.39 is 5.97 Å². The first-order valence-corrected chi connectivity index (χ1v) is 4.74. The molecule has 3 nitrogen and oxygen atoms in total. The van der Waals surface area contributed by atoms with Gasteiger partial charge in [-0.2, -0.15) is 0 Å². The van der Waals surface area contributed by atoms with Gasteiger partial charge in [-0.25, -0.2) is 0 Å². The van der Waals surface area contributed by atoms with Crippen LogP contribution in [0.2, 0.25) is 0 Å². The molecule has 1 heterocycles. The number of halogens is 1. The minimum absolute atomic E-state index is 0. The molecule has 0 saturated heterocycles. The number of pyridine rings is 1. The standard InChI is InChI=1S/C10H6BrNO2.Li/c11-9-6-3-1-2-4-8(6)12-5-7(9)10(13)14;/h1-5H,(H,13,14);/q;+1/p-1. The summed E-state index contributed by atoms with van der Waals surface area (Å²) >= 11 is 3.22. The number of carboxylic acids is 1. The SMILES string of the molecule is O=C([O-])c1cnc2ccccc2c1Br.[Li+]. The minimum atomic E-state index is -1.23. The molecule has 0 radical (unpaired) electrons. The fraction of sp³-hybridized carbons (Fsp3) is 0. The summed E-state index contributed by atoms with van der Waals surface area (Å²) in [5.74, 6) is -1.23. The van der Waals surface area contributed by atoms with E-state index in [2.05, 4.69) is 20.9 Å². The third-order valence-electron chi connectivity index (χ3n) is 1.93. The summed E-state index contributed by atoms with van der Waals surface area (Å²) in [6, 6.07) is 7.30. The molecule has 0 aliphatic heterocycles. The van der Waals surface area contributed by atoms with Crippen molar-refractivity contribution in [1.29, 1.82) is 0 Å². The molecule has 15 heavy (non-hydrogen) atoms. The number of aromatic nitrogens is 1. The van der Waals surface area contributed by atoms with Crippen molar-refractivity contribution in [1.82, 2.24) is 4.98 Å². The van der Waals surface area contributed by atoms with Crippen molar-refractivity contribution >= 4 is 32.8 Å². The maximum absolute atomic E-state index is 10.7. The largest absolute Gasteiger partial charge is 1.00 e. The molecular weight excluding hydrogens is 253 g/mol. The second kappa shape index (κ2) is 4.80. The maximum Gasteiger partial charge on any atom is 1.00 e. The molecule has 0 atom stereocenters. The summed E-state index contributed by atoms with van der Waals surface area (Å²) in [6.07, 6.45) is 1.29. The number of benzene rings is 1. The first kappa shape index (κ1) is 12.2. The van der Waals surface area contributed by atoms with Gasteiger partial charge in [0.05, 0.1) is 11.5 Å². The Morgan fingerprint density at radius 2 is 2.00 bits per heavy atom. The molecule has 0 N–H and O–H groups in total. The quantitative estimate of drug-likeness (QED) is 0.577.